The maximum absolute atomic E-state index is 11.3. The maximum Gasteiger partial charge on any atom is 0.363 e. The second-order valence-corrected chi connectivity index (χ2v) is 11.1. The third-order valence-electron chi connectivity index (χ3n) is 5.06. The van der Waals surface area contributed by atoms with Gasteiger partial charge in [0.1, 0.15) is 0 Å². The zero-order valence-electron chi connectivity index (χ0n) is 14.9. The molecule has 27 heavy (non-hydrogen) atoms. The molecule has 4 aromatic rings. The molecule has 0 fully saturated rings. The van der Waals surface area contributed by atoms with E-state index in [4.69, 9.17) is 0 Å². The normalized spacial score (nSPS) is 11.4. The summed E-state index contributed by atoms with van der Waals surface area (Å²) < 4.78 is 11.3. The van der Waals surface area contributed by atoms with Crippen molar-refractivity contribution in [2.75, 3.05) is 0 Å². The smallest absolute Gasteiger partial charge is 0.0707 e. The van der Waals surface area contributed by atoms with Crippen LogP contribution in [0.2, 0.25) is 0 Å². The molecular weight excluding hydrogens is 363 g/mol. The highest BCUT2D eigenvalue weighted by atomic mass is 31.1. The van der Waals surface area contributed by atoms with Gasteiger partial charge in [-0.1, -0.05) is 108 Å². The van der Waals surface area contributed by atoms with Crippen molar-refractivity contribution < 1.29 is 4.57 Å². The molecule has 0 aliphatic heterocycles. The molecule has 0 spiro atoms. The SMILES string of the molecule is O=[PH+]c1ccc([Si](c2ccccc2)(c2ccccc2)c2ccccc2)cc1. The number of hydrogen-bond donors (Lipinski definition) is 0. The number of hydrogen-bond acceptors (Lipinski definition) is 1. The van der Waals surface area contributed by atoms with Crippen molar-refractivity contribution in [3.05, 3.63) is 115 Å². The van der Waals surface area contributed by atoms with E-state index in [2.05, 4.69) is 103 Å². The minimum atomic E-state index is -2.43. The largest absolute Gasteiger partial charge is 0.363 e. The summed E-state index contributed by atoms with van der Waals surface area (Å²) in [6.45, 7) is 0. The van der Waals surface area contributed by atoms with Crippen molar-refractivity contribution in [1.82, 2.24) is 0 Å². The first-order valence-electron chi connectivity index (χ1n) is 9.01. The fourth-order valence-corrected chi connectivity index (χ4v) is 8.90. The van der Waals surface area contributed by atoms with E-state index in [0.717, 1.165) is 5.30 Å². The van der Waals surface area contributed by atoms with Gasteiger partial charge in [-0.3, -0.25) is 0 Å². The molecule has 1 nitrogen and oxygen atoms in total. The number of benzene rings is 4. The highest BCUT2D eigenvalue weighted by Crippen LogP contribution is 2.09. The highest BCUT2D eigenvalue weighted by Gasteiger charge is 2.41. The van der Waals surface area contributed by atoms with Gasteiger partial charge in [-0.25, -0.2) is 0 Å². The molecule has 0 bridgehead atoms. The van der Waals surface area contributed by atoms with Gasteiger partial charge in [-0.2, -0.15) is 0 Å². The van der Waals surface area contributed by atoms with E-state index in [1.54, 1.807) is 0 Å². The van der Waals surface area contributed by atoms with E-state index in [9.17, 15) is 4.57 Å². The Balaban J connectivity index is 2.10. The summed E-state index contributed by atoms with van der Waals surface area (Å²) in [5, 5.41) is 6.20. The second-order valence-electron chi connectivity index (χ2n) is 6.53. The summed E-state index contributed by atoms with van der Waals surface area (Å²) in [5.41, 5.74) is 0. The van der Waals surface area contributed by atoms with Crippen LogP contribution in [-0.2, 0) is 4.57 Å². The van der Waals surface area contributed by atoms with Gasteiger partial charge in [0.25, 0.3) is 0 Å². The summed E-state index contributed by atoms with van der Waals surface area (Å²) >= 11 is 0. The Bertz CT molecular complexity index is 920. The zero-order valence-corrected chi connectivity index (χ0v) is 16.9. The van der Waals surface area contributed by atoms with Crippen LogP contribution in [0.15, 0.2) is 115 Å². The van der Waals surface area contributed by atoms with Crippen molar-refractivity contribution in [3.63, 3.8) is 0 Å². The predicted molar refractivity (Wildman–Crippen MR) is 119 cm³/mol. The molecule has 0 saturated carbocycles. The minimum absolute atomic E-state index is 0.425. The first-order chi connectivity index (χ1) is 13.4. The van der Waals surface area contributed by atoms with Crippen molar-refractivity contribution in [2.45, 2.75) is 0 Å². The summed E-state index contributed by atoms with van der Waals surface area (Å²) in [4.78, 5) is 0. The monoisotopic (exact) mass is 383 g/mol. The predicted octanol–water partition coefficient (Wildman–Crippen LogP) is 2.71. The average Bonchev–Trinajstić information content (AvgIpc) is 2.77. The van der Waals surface area contributed by atoms with Gasteiger partial charge < -0.3 is 0 Å². The summed E-state index contributed by atoms with van der Waals surface area (Å²) in [7, 11) is -2.86. The molecule has 0 aliphatic rings. The first-order valence-corrected chi connectivity index (χ1v) is 11.9. The van der Waals surface area contributed by atoms with Gasteiger partial charge in [0.2, 0.25) is 0 Å². The summed E-state index contributed by atoms with van der Waals surface area (Å²) in [6, 6.07) is 40.7. The van der Waals surface area contributed by atoms with Gasteiger partial charge in [0, 0.05) is 0 Å². The zero-order chi connectivity index (χ0) is 18.5. The van der Waals surface area contributed by atoms with Crippen LogP contribution in [0.5, 0.6) is 0 Å². The Morgan fingerprint density at radius 3 is 1.11 bits per heavy atom. The molecule has 1 atom stereocenters. The van der Waals surface area contributed by atoms with Crippen LogP contribution in [0.4, 0.5) is 0 Å². The summed E-state index contributed by atoms with van der Waals surface area (Å²) in [5.74, 6) is 0. The lowest BCUT2D eigenvalue weighted by Gasteiger charge is -2.34. The molecule has 0 N–H and O–H groups in total. The van der Waals surface area contributed by atoms with E-state index >= 15 is 0 Å². The molecule has 0 aromatic heterocycles. The number of rotatable bonds is 5. The minimum Gasteiger partial charge on any atom is -0.0707 e. The highest BCUT2D eigenvalue weighted by molar-refractivity contribution is 7.34. The van der Waals surface area contributed by atoms with Crippen molar-refractivity contribution in [2.24, 2.45) is 0 Å². The molecule has 4 rings (SSSR count). The molecule has 0 saturated heterocycles. The standard InChI is InChI=1S/C24H19OPSi/c25-26-20-16-18-24(19-17-20)27(21-10-4-1-5-11-21,22-12-6-2-7-13-22)23-14-8-3-9-15-23/h1-19H/p+1. The van der Waals surface area contributed by atoms with Gasteiger partial charge in [0.15, 0.2) is 13.4 Å². The van der Waals surface area contributed by atoms with E-state index in [1.165, 1.54) is 20.7 Å². The van der Waals surface area contributed by atoms with Crippen LogP contribution in [0.1, 0.15) is 0 Å². The van der Waals surface area contributed by atoms with Crippen LogP contribution >= 0.6 is 8.46 Å². The van der Waals surface area contributed by atoms with Crippen molar-refractivity contribution in [3.8, 4) is 0 Å². The lowest BCUT2D eigenvalue weighted by atomic mass is 10.3. The fraction of sp³-hybridized carbons (Fsp3) is 0. The van der Waals surface area contributed by atoms with Crippen LogP contribution in [0, 0.1) is 0 Å². The molecular formula is C24H20OPSi+. The second kappa shape index (κ2) is 7.83. The Morgan fingerprint density at radius 1 is 0.444 bits per heavy atom. The van der Waals surface area contributed by atoms with Crippen LogP contribution in [0.25, 0.3) is 0 Å². The average molecular weight is 383 g/mol. The molecule has 4 aromatic carbocycles. The molecule has 0 aliphatic carbocycles. The Labute approximate surface area is 162 Å². The van der Waals surface area contributed by atoms with Crippen molar-refractivity contribution >= 4 is 42.6 Å². The molecule has 0 radical (unpaired) electrons. The molecule has 1 unspecified atom stereocenters. The molecule has 0 amide bonds. The van der Waals surface area contributed by atoms with Crippen LogP contribution in [0.3, 0.4) is 0 Å². The lowest BCUT2D eigenvalue weighted by molar-refractivity contribution is 0.603. The molecule has 130 valence electrons. The summed E-state index contributed by atoms with van der Waals surface area (Å²) in [6.07, 6.45) is 0. The topological polar surface area (TPSA) is 17.1 Å². The van der Waals surface area contributed by atoms with Crippen LogP contribution in [-0.4, -0.2) is 8.07 Å². The molecule has 0 heterocycles. The van der Waals surface area contributed by atoms with Gasteiger partial charge >= 0.3 is 8.46 Å². The Morgan fingerprint density at radius 2 is 0.778 bits per heavy atom. The first kappa shape index (κ1) is 17.6. The maximum atomic E-state index is 11.3. The quantitative estimate of drug-likeness (QED) is 0.294. The Kier molecular flexibility index (Phi) is 5.11. The third-order valence-corrected chi connectivity index (χ3v) is 10.4. The van der Waals surface area contributed by atoms with E-state index in [-0.39, 0.29) is 0 Å². The van der Waals surface area contributed by atoms with Crippen molar-refractivity contribution in [1.29, 1.82) is 0 Å². The third kappa shape index (κ3) is 3.19. The fourth-order valence-electron chi connectivity index (χ4n) is 3.85. The van der Waals surface area contributed by atoms with Gasteiger partial charge in [-0.05, 0) is 32.9 Å². The van der Waals surface area contributed by atoms with E-state index in [1.807, 2.05) is 12.1 Å². The Hall–Kier alpha value is -2.80. The molecule has 3 heteroatoms. The van der Waals surface area contributed by atoms with E-state index < -0.39 is 16.5 Å². The van der Waals surface area contributed by atoms with Gasteiger partial charge in [0.05, 0.1) is 0 Å². The van der Waals surface area contributed by atoms with Gasteiger partial charge in [-0.15, -0.1) is 0 Å². The van der Waals surface area contributed by atoms with E-state index in [0.29, 0.717) is 0 Å². The van der Waals surface area contributed by atoms with Crippen LogP contribution < -0.4 is 26.1 Å². The lowest BCUT2D eigenvalue weighted by Crippen LogP contribution is -2.74.